The summed E-state index contributed by atoms with van der Waals surface area (Å²) in [6, 6.07) is 7.47. The Kier molecular flexibility index (Phi) is 4.50. The lowest BCUT2D eigenvalue weighted by atomic mass is 10.2. The highest BCUT2D eigenvalue weighted by Crippen LogP contribution is 2.27. The summed E-state index contributed by atoms with van der Waals surface area (Å²) in [5.74, 6) is 0.0971. The van der Waals surface area contributed by atoms with Gasteiger partial charge in [-0.1, -0.05) is 12.1 Å². The van der Waals surface area contributed by atoms with Crippen molar-refractivity contribution in [1.82, 2.24) is 9.78 Å². The second-order valence-electron chi connectivity index (χ2n) is 5.69. The van der Waals surface area contributed by atoms with Crippen LogP contribution < -0.4 is 9.47 Å². The fourth-order valence-electron chi connectivity index (χ4n) is 2.88. The van der Waals surface area contributed by atoms with Gasteiger partial charge in [-0.2, -0.15) is 5.10 Å². The first kappa shape index (κ1) is 15.4. The smallest absolute Gasteiger partial charge is 0.358 e. The molecule has 1 aliphatic carbocycles. The van der Waals surface area contributed by atoms with Crippen LogP contribution in [-0.4, -0.2) is 34.1 Å². The molecule has 0 bridgehead atoms. The summed E-state index contributed by atoms with van der Waals surface area (Å²) in [5.41, 5.74) is 1.05. The van der Waals surface area contributed by atoms with Crippen LogP contribution in [0.25, 0.3) is 0 Å². The highest BCUT2D eigenvalue weighted by atomic mass is 16.5. The fraction of sp³-hybridized carbons (Fsp3) is 0.412. The Morgan fingerprint density at radius 2 is 2.00 bits per heavy atom. The van der Waals surface area contributed by atoms with Gasteiger partial charge in [0.25, 0.3) is 0 Å². The number of carboxylic acid groups (broad SMARTS) is 1. The van der Waals surface area contributed by atoms with E-state index in [2.05, 4.69) is 5.10 Å². The van der Waals surface area contributed by atoms with Crippen molar-refractivity contribution in [2.24, 2.45) is 0 Å². The third-order valence-electron chi connectivity index (χ3n) is 4.10. The molecule has 1 N–H and O–H groups in total. The summed E-state index contributed by atoms with van der Waals surface area (Å²) in [6.07, 6.45) is 5.82. The summed E-state index contributed by atoms with van der Waals surface area (Å²) < 4.78 is 12.4. The molecule has 2 aromatic rings. The van der Waals surface area contributed by atoms with Gasteiger partial charge < -0.3 is 14.6 Å². The number of methoxy groups -OCH3 is 1. The largest absolute Gasteiger partial charge is 0.497 e. The van der Waals surface area contributed by atoms with Gasteiger partial charge in [-0.15, -0.1) is 0 Å². The minimum absolute atomic E-state index is 0.103. The van der Waals surface area contributed by atoms with Gasteiger partial charge >= 0.3 is 5.97 Å². The number of hydrogen-bond acceptors (Lipinski definition) is 4. The zero-order valence-electron chi connectivity index (χ0n) is 13.1. The van der Waals surface area contributed by atoms with Crippen LogP contribution in [0.3, 0.4) is 0 Å². The minimum atomic E-state index is -1.02. The Morgan fingerprint density at radius 1 is 1.30 bits per heavy atom. The molecule has 0 amide bonds. The van der Waals surface area contributed by atoms with Crippen LogP contribution in [-0.2, 0) is 6.54 Å². The highest BCUT2D eigenvalue weighted by molar-refractivity contribution is 5.88. The maximum Gasteiger partial charge on any atom is 0.358 e. The van der Waals surface area contributed by atoms with Gasteiger partial charge in [0.1, 0.15) is 5.75 Å². The summed E-state index contributed by atoms with van der Waals surface area (Å²) in [6.45, 7) is 0.375. The predicted octanol–water partition coefficient (Wildman–Crippen LogP) is 2.96. The van der Waals surface area contributed by atoms with E-state index in [4.69, 9.17) is 9.47 Å². The number of nitrogens with zero attached hydrogens (tertiary/aromatic N) is 2. The number of benzene rings is 1. The van der Waals surface area contributed by atoms with Crippen molar-refractivity contribution in [3.8, 4) is 11.5 Å². The SMILES string of the molecule is COc1ccc(Cn2ncc(OC3CCCC3)c2C(=O)O)cc1. The first-order chi connectivity index (χ1) is 11.2. The Labute approximate surface area is 134 Å². The molecule has 1 fully saturated rings. The molecule has 0 radical (unpaired) electrons. The van der Waals surface area contributed by atoms with Crippen LogP contribution in [0.2, 0.25) is 0 Å². The first-order valence-electron chi connectivity index (χ1n) is 7.76. The Bertz CT molecular complexity index is 672. The van der Waals surface area contributed by atoms with E-state index in [9.17, 15) is 9.90 Å². The van der Waals surface area contributed by atoms with Crippen LogP contribution in [0.4, 0.5) is 0 Å². The lowest BCUT2D eigenvalue weighted by molar-refractivity contribution is 0.0676. The van der Waals surface area contributed by atoms with Gasteiger partial charge in [0.15, 0.2) is 11.4 Å². The van der Waals surface area contributed by atoms with E-state index < -0.39 is 5.97 Å². The molecule has 1 saturated carbocycles. The molecule has 6 nitrogen and oxygen atoms in total. The summed E-state index contributed by atoms with van der Waals surface area (Å²) in [5, 5.41) is 13.7. The van der Waals surface area contributed by atoms with Crippen LogP contribution in [0.1, 0.15) is 41.7 Å². The number of aromatic nitrogens is 2. The third kappa shape index (κ3) is 3.47. The second-order valence-corrected chi connectivity index (χ2v) is 5.69. The van der Waals surface area contributed by atoms with Crippen molar-refractivity contribution in [3.05, 3.63) is 41.7 Å². The van der Waals surface area contributed by atoms with Gasteiger partial charge in [-0.05, 0) is 43.4 Å². The summed E-state index contributed by atoms with van der Waals surface area (Å²) in [7, 11) is 1.61. The Hall–Kier alpha value is -2.50. The van der Waals surface area contributed by atoms with E-state index in [1.54, 1.807) is 7.11 Å². The molecule has 3 rings (SSSR count). The molecule has 23 heavy (non-hydrogen) atoms. The monoisotopic (exact) mass is 316 g/mol. The molecule has 0 atom stereocenters. The molecular weight excluding hydrogens is 296 g/mol. The molecule has 1 heterocycles. The van der Waals surface area contributed by atoms with Crippen molar-refractivity contribution in [3.63, 3.8) is 0 Å². The molecule has 1 aromatic heterocycles. The molecule has 0 spiro atoms. The lowest BCUT2D eigenvalue weighted by Crippen LogP contribution is -2.16. The Morgan fingerprint density at radius 3 is 2.61 bits per heavy atom. The standard InChI is InChI=1S/C17H20N2O4/c1-22-13-8-6-12(7-9-13)11-19-16(17(20)21)15(10-18-19)23-14-4-2-3-5-14/h6-10,14H,2-5,11H2,1H3,(H,20,21). The van der Waals surface area contributed by atoms with Gasteiger partial charge in [0, 0.05) is 0 Å². The number of carbonyl (C=O) groups is 1. The topological polar surface area (TPSA) is 73.6 Å². The quantitative estimate of drug-likeness (QED) is 0.887. The molecule has 1 aromatic carbocycles. The van der Waals surface area contributed by atoms with E-state index in [-0.39, 0.29) is 11.8 Å². The second kappa shape index (κ2) is 6.73. The van der Waals surface area contributed by atoms with Gasteiger partial charge in [-0.25, -0.2) is 4.79 Å². The van der Waals surface area contributed by atoms with Crippen LogP contribution in [0.15, 0.2) is 30.5 Å². The van der Waals surface area contributed by atoms with Gasteiger partial charge in [0.05, 0.1) is 26.0 Å². The summed E-state index contributed by atoms with van der Waals surface area (Å²) in [4.78, 5) is 11.6. The number of carboxylic acids is 1. The Balaban J connectivity index is 1.80. The number of ether oxygens (including phenoxy) is 2. The predicted molar refractivity (Wildman–Crippen MR) is 84.2 cm³/mol. The average Bonchev–Trinajstić information content (AvgIpc) is 3.18. The molecule has 6 heteroatoms. The van der Waals surface area contributed by atoms with Crippen molar-refractivity contribution < 1.29 is 19.4 Å². The summed E-state index contributed by atoms with van der Waals surface area (Å²) >= 11 is 0. The van der Waals surface area contributed by atoms with E-state index >= 15 is 0 Å². The maximum atomic E-state index is 11.6. The molecule has 122 valence electrons. The van der Waals surface area contributed by atoms with Gasteiger partial charge in [0.2, 0.25) is 0 Å². The minimum Gasteiger partial charge on any atom is -0.497 e. The van der Waals surface area contributed by atoms with E-state index in [1.165, 1.54) is 10.9 Å². The van der Waals surface area contributed by atoms with Crippen LogP contribution >= 0.6 is 0 Å². The van der Waals surface area contributed by atoms with Crippen molar-refractivity contribution in [2.75, 3.05) is 7.11 Å². The molecule has 0 saturated heterocycles. The number of hydrogen-bond donors (Lipinski definition) is 1. The zero-order valence-corrected chi connectivity index (χ0v) is 13.1. The highest BCUT2D eigenvalue weighted by Gasteiger charge is 2.24. The first-order valence-corrected chi connectivity index (χ1v) is 7.76. The van der Waals surface area contributed by atoms with Crippen molar-refractivity contribution >= 4 is 5.97 Å². The normalized spacial score (nSPS) is 14.8. The average molecular weight is 316 g/mol. The maximum absolute atomic E-state index is 11.6. The van der Waals surface area contributed by atoms with Crippen LogP contribution in [0, 0.1) is 0 Å². The fourth-order valence-corrected chi connectivity index (χ4v) is 2.88. The molecular formula is C17H20N2O4. The van der Waals surface area contributed by atoms with E-state index in [0.717, 1.165) is 37.0 Å². The number of aromatic carboxylic acids is 1. The van der Waals surface area contributed by atoms with Crippen molar-refractivity contribution in [1.29, 1.82) is 0 Å². The van der Waals surface area contributed by atoms with E-state index in [1.807, 2.05) is 24.3 Å². The zero-order chi connectivity index (χ0) is 16.2. The van der Waals surface area contributed by atoms with Crippen LogP contribution in [0.5, 0.6) is 11.5 Å². The molecule has 0 aliphatic heterocycles. The van der Waals surface area contributed by atoms with Crippen molar-refractivity contribution in [2.45, 2.75) is 38.3 Å². The number of rotatable bonds is 6. The molecule has 0 unspecified atom stereocenters. The third-order valence-corrected chi connectivity index (χ3v) is 4.10. The molecule has 1 aliphatic rings. The van der Waals surface area contributed by atoms with Gasteiger partial charge in [-0.3, -0.25) is 4.68 Å². The van der Waals surface area contributed by atoms with E-state index in [0.29, 0.717) is 12.3 Å². The lowest BCUT2D eigenvalue weighted by Gasteiger charge is -2.12.